The number of rotatable bonds is 4. The second kappa shape index (κ2) is 6.34. The Morgan fingerprint density at radius 3 is 2.64 bits per heavy atom. The molecule has 9 nitrogen and oxygen atoms in total. The first kappa shape index (κ1) is 17.5. The van der Waals surface area contributed by atoms with E-state index in [2.05, 4.69) is 10.4 Å². The van der Waals surface area contributed by atoms with Crippen LogP contribution in [0, 0.1) is 5.82 Å². The maximum absolute atomic E-state index is 14.5. The van der Waals surface area contributed by atoms with Crippen molar-refractivity contribution in [1.82, 2.24) is 19.7 Å². The number of imide groups is 1. The number of nitrogens with zero attached hydrogens (tertiary/aromatic N) is 3. The summed E-state index contributed by atoms with van der Waals surface area (Å²) in [5.41, 5.74) is 5.91. The highest BCUT2D eigenvalue weighted by Crippen LogP contribution is 2.26. The monoisotopic (exact) mass is 383 g/mol. The maximum Gasteiger partial charge on any atom is 0.262 e. The lowest BCUT2D eigenvalue weighted by Crippen LogP contribution is -2.24. The van der Waals surface area contributed by atoms with E-state index in [0.29, 0.717) is 0 Å². The van der Waals surface area contributed by atoms with Crippen molar-refractivity contribution in [2.24, 2.45) is 7.05 Å². The predicted octanol–water partition coefficient (Wildman–Crippen LogP) is 0.755. The molecule has 0 spiro atoms. The molecule has 0 fully saturated rings. The lowest BCUT2D eigenvalue weighted by molar-refractivity contribution is 0.0880. The number of anilines is 1. The average Bonchev–Trinajstić information content (AvgIpc) is 3.17. The van der Waals surface area contributed by atoms with Gasteiger partial charge in [-0.25, -0.2) is 4.39 Å². The number of hydrogen-bond donors (Lipinski definition) is 2. The Labute approximate surface area is 157 Å². The van der Waals surface area contributed by atoms with Gasteiger partial charge in [-0.15, -0.1) is 0 Å². The van der Waals surface area contributed by atoms with Crippen LogP contribution >= 0.6 is 0 Å². The summed E-state index contributed by atoms with van der Waals surface area (Å²) in [6.45, 7) is 0.107. The summed E-state index contributed by atoms with van der Waals surface area (Å²) in [6.07, 6.45) is 1.60. The van der Waals surface area contributed by atoms with Crippen molar-refractivity contribution in [2.75, 3.05) is 5.73 Å². The molecule has 2 amide bonds. The second-order valence-electron chi connectivity index (χ2n) is 6.12. The Balaban J connectivity index is 1.69. The molecule has 0 aliphatic carbocycles. The number of amides is 2. The van der Waals surface area contributed by atoms with Gasteiger partial charge in [0.1, 0.15) is 12.4 Å². The van der Waals surface area contributed by atoms with Crippen molar-refractivity contribution in [3.63, 3.8) is 0 Å². The van der Waals surface area contributed by atoms with Crippen LogP contribution in [0.4, 0.5) is 10.2 Å². The van der Waals surface area contributed by atoms with E-state index in [-0.39, 0.29) is 35.0 Å². The van der Waals surface area contributed by atoms with Crippen LogP contribution < -0.4 is 21.3 Å². The number of carbonyl (C=O) groups is 2. The van der Waals surface area contributed by atoms with E-state index in [4.69, 9.17) is 10.5 Å². The largest absolute Gasteiger partial charge is 0.484 e. The van der Waals surface area contributed by atoms with Gasteiger partial charge in [-0.1, -0.05) is 0 Å². The fraction of sp³-hybridized carbons (Fsp3) is 0.111. The van der Waals surface area contributed by atoms with E-state index in [1.165, 1.54) is 12.1 Å². The van der Waals surface area contributed by atoms with Crippen molar-refractivity contribution >= 4 is 17.6 Å². The van der Waals surface area contributed by atoms with E-state index in [1.54, 1.807) is 24.0 Å². The van der Waals surface area contributed by atoms with Crippen molar-refractivity contribution in [1.29, 1.82) is 0 Å². The topological polar surface area (TPSA) is 121 Å². The summed E-state index contributed by atoms with van der Waals surface area (Å²) in [5.74, 6) is -2.38. The molecule has 0 saturated heterocycles. The molecule has 0 atom stereocenters. The van der Waals surface area contributed by atoms with Crippen molar-refractivity contribution in [3.8, 4) is 11.4 Å². The molecule has 28 heavy (non-hydrogen) atoms. The van der Waals surface area contributed by atoms with Gasteiger partial charge in [-0.2, -0.15) is 5.10 Å². The molecule has 1 aliphatic heterocycles. The van der Waals surface area contributed by atoms with Gasteiger partial charge >= 0.3 is 0 Å². The molecule has 3 heterocycles. The molecular formula is C18H14FN5O4. The smallest absolute Gasteiger partial charge is 0.262 e. The Kier molecular flexibility index (Phi) is 3.95. The first-order chi connectivity index (χ1) is 13.4. The number of nitrogens with two attached hydrogens (primary N) is 1. The zero-order valence-corrected chi connectivity index (χ0v) is 14.6. The first-order valence-electron chi connectivity index (χ1n) is 8.17. The quantitative estimate of drug-likeness (QED) is 0.642. The summed E-state index contributed by atoms with van der Waals surface area (Å²) in [7, 11) is 1.74. The highest BCUT2D eigenvalue weighted by molar-refractivity contribution is 6.23. The number of benzene rings is 1. The van der Waals surface area contributed by atoms with Crippen LogP contribution in [-0.2, 0) is 13.7 Å². The zero-order valence-electron chi connectivity index (χ0n) is 14.6. The van der Waals surface area contributed by atoms with Crippen molar-refractivity contribution in [3.05, 3.63) is 69.5 Å². The Morgan fingerprint density at radius 2 is 1.96 bits per heavy atom. The molecule has 0 saturated carbocycles. The number of aromatic nitrogens is 3. The maximum atomic E-state index is 14.5. The second-order valence-corrected chi connectivity index (χ2v) is 6.12. The number of fused-ring (bicyclic) bond motifs is 1. The lowest BCUT2D eigenvalue weighted by Gasteiger charge is -2.13. The molecule has 3 N–H and O–H groups in total. The average molecular weight is 383 g/mol. The van der Waals surface area contributed by atoms with Crippen LogP contribution in [-0.4, -0.2) is 26.2 Å². The number of carbonyl (C=O) groups excluding carboxylic acids is 2. The third-order valence-electron chi connectivity index (χ3n) is 4.43. The minimum absolute atomic E-state index is 0.0225. The van der Waals surface area contributed by atoms with E-state index < -0.39 is 23.2 Å². The fourth-order valence-electron chi connectivity index (χ4n) is 2.99. The number of aryl methyl sites for hydroxylation is 1. The first-order valence-corrected chi connectivity index (χ1v) is 8.17. The third-order valence-corrected chi connectivity index (χ3v) is 4.43. The van der Waals surface area contributed by atoms with Crippen LogP contribution in [0.25, 0.3) is 5.69 Å². The van der Waals surface area contributed by atoms with Gasteiger partial charge in [0.25, 0.3) is 17.4 Å². The van der Waals surface area contributed by atoms with Gasteiger partial charge in [0.05, 0.1) is 22.5 Å². The molecule has 1 aromatic carbocycles. The molecule has 1 aliphatic rings. The summed E-state index contributed by atoms with van der Waals surface area (Å²) in [4.78, 5) is 36.0. The van der Waals surface area contributed by atoms with Crippen LogP contribution in [0.1, 0.15) is 26.4 Å². The molecule has 3 aromatic rings. The number of nitrogen functional groups attached to an aromatic ring is 1. The van der Waals surface area contributed by atoms with Gasteiger partial charge in [-0.3, -0.25) is 28.9 Å². The van der Waals surface area contributed by atoms with Crippen LogP contribution in [0.2, 0.25) is 0 Å². The summed E-state index contributed by atoms with van der Waals surface area (Å²) < 4.78 is 22.5. The molecule has 2 aromatic heterocycles. The molecular weight excluding hydrogens is 369 g/mol. The minimum atomic E-state index is -0.716. The Bertz CT molecular complexity index is 1200. The van der Waals surface area contributed by atoms with Crippen molar-refractivity contribution in [2.45, 2.75) is 6.61 Å². The van der Waals surface area contributed by atoms with Crippen molar-refractivity contribution < 1.29 is 18.7 Å². The number of halogens is 1. The molecule has 4 rings (SSSR count). The normalized spacial score (nSPS) is 12.8. The van der Waals surface area contributed by atoms with E-state index in [1.807, 2.05) is 0 Å². The highest BCUT2D eigenvalue weighted by Gasteiger charge is 2.31. The highest BCUT2D eigenvalue weighted by atomic mass is 19.1. The predicted molar refractivity (Wildman–Crippen MR) is 95.7 cm³/mol. The Hall–Kier alpha value is -3.95. The zero-order chi connectivity index (χ0) is 20.0. The lowest BCUT2D eigenvalue weighted by atomic mass is 10.1. The van der Waals surface area contributed by atoms with Gasteiger partial charge in [0, 0.05) is 25.4 Å². The summed E-state index contributed by atoms with van der Waals surface area (Å²) in [5, 5.41) is 6.07. The van der Waals surface area contributed by atoms with E-state index in [0.717, 1.165) is 22.4 Å². The summed E-state index contributed by atoms with van der Waals surface area (Å²) in [6, 6.07) is 6.59. The number of nitrogens with one attached hydrogen (secondary N) is 1. The standard InChI is InChI=1S/C18H14FN5O4/c1-23-10(4-5-21-23)8-28-13-3-2-9(6-12(13)19)24-14(25)7-11-15(16(24)20)18(27)22-17(11)26/h2-7H,8,20H2,1H3,(H,22,26,27). The molecule has 0 unspecified atom stereocenters. The van der Waals surface area contributed by atoms with E-state index in [9.17, 15) is 18.8 Å². The molecule has 142 valence electrons. The Morgan fingerprint density at radius 1 is 1.18 bits per heavy atom. The minimum Gasteiger partial charge on any atom is -0.484 e. The van der Waals surface area contributed by atoms with Gasteiger partial charge in [0.2, 0.25) is 0 Å². The van der Waals surface area contributed by atoms with Crippen LogP contribution in [0.5, 0.6) is 5.75 Å². The number of pyridine rings is 1. The fourth-order valence-corrected chi connectivity index (χ4v) is 2.99. The number of ether oxygens (including phenoxy) is 1. The number of hydrogen-bond acceptors (Lipinski definition) is 6. The molecule has 10 heteroatoms. The van der Waals surface area contributed by atoms with Gasteiger partial charge in [0.15, 0.2) is 11.6 Å². The third kappa shape index (κ3) is 2.71. The van der Waals surface area contributed by atoms with Gasteiger partial charge < -0.3 is 10.5 Å². The molecule has 0 bridgehead atoms. The SMILES string of the molecule is Cn1nccc1COc1ccc(-n2c(N)c3c(cc2=O)C(=O)NC3=O)cc1F. The van der Waals surface area contributed by atoms with Crippen LogP contribution in [0.3, 0.4) is 0 Å². The van der Waals surface area contributed by atoms with Crippen LogP contribution in [0.15, 0.2) is 41.3 Å². The molecule has 0 radical (unpaired) electrons. The van der Waals surface area contributed by atoms with Gasteiger partial charge in [-0.05, 0) is 18.2 Å². The van der Waals surface area contributed by atoms with E-state index >= 15 is 0 Å². The summed E-state index contributed by atoms with van der Waals surface area (Å²) >= 11 is 0.